The third kappa shape index (κ3) is 7.98. The van der Waals surface area contributed by atoms with Crippen LogP contribution >= 0.6 is 23.5 Å². The Morgan fingerprint density at radius 2 is 1.81 bits per heavy atom. The first-order valence-electron chi connectivity index (χ1n) is 8.54. The second kappa shape index (κ2) is 10.4. The highest BCUT2D eigenvalue weighted by Gasteiger charge is 2.45. The second-order valence-corrected chi connectivity index (χ2v) is 10.8. The fourth-order valence-corrected chi connectivity index (χ4v) is 5.73. The molecule has 20 heteroatoms. The van der Waals surface area contributed by atoms with Crippen LogP contribution in [0.1, 0.15) is 6.42 Å². The first-order chi connectivity index (χ1) is 14.6. The SMILES string of the molecule is NCC#CC1CN([C@H]2C[C@H](O)[C@@H](COP(=O)(O)OP(=O)(O)OP(=O)(O)O)O2)C(=O)NC1=O. The number of phosphoric acid groups is 3. The molecule has 3 unspecified atom stereocenters. The zero-order valence-corrected chi connectivity index (χ0v) is 18.6. The molecule has 182 valence electrons. The number of rotatable bonds is 8. The number of nitrogens with two attached hydrogens (primary N) is 1. The Morgan fingerprint density at radius 3 is 2.41 bits per heavy atom. The van der Waals surface area contributed by atoms with Gasteiger partial charge in [0.15, 0.2) is 0 Å². The number of aliphatic hydroxyl groups is 1. The van der Waals surface area contributed by atoms with Crippen molar-refractivity contribution in [3.8, 4) is 11.8 Å². The van der Waals surface area contributed by atoms with Crippen molar-refractivity contribution < 1.29 is 65.8 Å². The third-order valence-electron chi connectivity index (χ3n) is 3.93. The van der Waals surface area contributed by atoms with E-state index in [-0.39, 0.29) is 19.5 Å². The molecule has 0 saturated carbocycles. The van der Waals surface area contributed by atoms with Crippen molar-refractivity contribution in [2.75, 3.05) is 19.7 Å². The van der Waals surface area contributed by atoms with Crippen molar-refractivity contribution in [2.24, 2.45) is 11.7 Å². The van der Waals surface area contributed by atoms with E-state index in [1.807, 2.05) is 0 Å². The van der Waals surface area contributed by atoms with Gasteiger partial charge in [0.05, 0.1) is 19.3 Å². The highest BCUT2D eigenvalue weighted by atomic mass is 31.3. The van der Waals surface area contributed by atoms with E-state index in [0.717, 1.165) is 4.90 Å². The number of imide groups is 1. The van der Waals surface area contributed by atoms with Gasteiger partial charge in [-0.05, 0) is 0 Å². The minimum Gasteiger partial charge on any atom is -0.390 e. The Bertz CT molecular complexity index is 942. The molecule has 0 spiro atoms. The molecule has 2 heterocycles. The Balaban J connectivity index is 1.97. The lowest BCUT2D eigenvalue weighted by Crippen LogP contribution is -2.57. The van der Waals surface area contributed by atoms with Crippen molar-refractivity contribution in [3.05, 3.63) is 0 Å². The van der Waals surface area contributed by atoms with Gasteiger partial charge in [-0.2, -0.15) is 8.62 Å². The number of amides is 3. The summed E-state index contributed by atoms with van der Waals surface area (Å²) in [6, 6.07) is -0.827. The van der Waals surface area contributed by atoms with Gasteiger partial charge in [0.2, 0.25) is 5.91 Å². The molecule has 0 aromatic heterocycles. The quantitative estimate of drug-likeness (QED) is 0.133. The molecule has 6 atom stereocenters. The van der Waals surface area contributed by atoms with Gasteiger partial charge < -0.3 is 35.2 Å². The van der Waals surface area contributed by atoms with E-state index in [9.17, 15) is 33.3 Å². The molecule has 0 aliphatic carbocycles. The number of hydrogen-bond donors (Lipinski definition) is 7. The maximum Gasteiger partial charge on any atom is 0.490 e. The number of aliphatic hydroxyl groups excluding tert-OH is 1. The number of nitrogens with one attached hydrogen (secondary N) is 1. The maximum absolute atomic E-state index is 12.1. The number of phosphoric ester groups is 1. The minimum absolute atomic E-state index is 0.0148. The summed E-state index contributed by atoms with van der Waals surface area (Å²) in [7, 11) is -16.7. The number of ether oxygens (including phenoxy) is 1. The van der Waals surface area contributed by atoms with Crippen LogP contribution in [0.2, 0.25) is 0 Å². The fourth-order valence-electron chi connectivity index (χ4n) is 2.70. The van der Waals surface area contributed by atoms with Crippen LogP contribution in [0, 0.1) is 17.8 Å². The van der Waals surface area contributed by atoms with E-state index in [0.29, 0.717) is 0 Å². The molecular weight excluding hydrogens is 503 g/mol. The first kappa shape index (κ1) is 27.0. The van der Waals surface area contributed by atoms with E-state index in [1.54, 1.807) is 0 Å². The molecule has 2 aliphatic heterocycles. The molecule has 0 aromatic rings. The lowest BCUT2D eigenvalue weighted by atomic mass is 10.1. The van der Waals surface area contributed by atoms with Gasteiger partial charge in [-0.1, -0.05) is 11.8 Å². The summed E-state index contributed by atoms with van der Waals surface area (Å²) in [4.78, 5) is 60.5. The minimum atomic E-state index is -5.70. The van der Waals surface area contributed by atoms with Gasteiger partial charge in [-0.3, -0.25) is 19.5 Å². The van der Waals surface area contributed by atoms with Gasteiger partial charge in [0, 0.05) is 13.0 Å². The summed E-state index contributed by atoms with van der Waals surface area (Å²) in [5.41, 5.74) is 5.26. The lowest BCUT2D eigenvalue weighted by Gasteiger charge is -2.33. The van der Waals surface area contributed by atoms with Crippen LogP contribution in [-0.4, -0.2) is 79.7 Å². The molecule has 0 aromatic carbocycles. The molecule has 3 amide bonds. The molecule has 2 aliphatic rings. The zero-order valence-electron chi connectivity index (χ0n) is 15.9. The second-order valence-electron chi connectivity index (χ2n) is 6.34. The van der Waals surface area contributed by atoms with Crippen molar-refractivity contribution >= 4 is 35.4 Å². The number of carbonyl (C=O) groups excluding carboxylic acids is 2. The Hall–Kier alpha value is -1.21. The molecule has 2 saturated heterocycles. The summed E-state index contributed by atoms with van der Waals surface area (Å²) < 4.78 is 50.6. The van der Waals surface area contributed by atoms with E-state index >= 15 is 0 Å². The summed E-state index contributed by atoms with van der Waals surface area (Å²) in [5, 5.41) is 12.2. The molecule has 8 N–H and O–H groups in total. The van der Waals surface area contributed by atoms with Crippen LogP contribution < -0.4 is 11.1 Å². The predicted molar refractivity (Wildman–Crippen MR) is 99.7 cm³/mol. The van der Waals surface area contributed by atoms with Crippen LogP contribution in [0.3, 0.4) is 0 Å². The first-order valence-corrected chi connectivity index (χ1v) is 13.1. The van der Waals surface area contributed by atoms with Crippen molar-refractivity contribution in [2.45, 2.75) is 24.9 Å². The van der Waals surface area contributed by atoms with Crippen LogP contribution in [0.4, 0.5) is 4.79 Å². The average molecular weight is 523 g/mol. The summed E-state index contributed by atoms with van der Waals surface area (Å²) in [6.07, 6.45) is -3.95. The van der Waals surface area contributed by atoms with Gasteiger partial charge >= 0.3 is 29.5 Å². The van der Waals surface area contributed by atoms with Crippen molar-refractivity contribution in [1.82, 2.24) is 10.2 Å². The third-order valence-corrected chi connectivity index (χ3v) is 7.74. The van der Waals surface area contributed by atoms with E-state index in [4.69, 9.17) is 25.2 Å². The van der Waals surface area contributed by atoms with Gasteiger partial charge in [0.25, 0.3) is 0 Å². The smallest absolute Gasteiger partial charge is 0.390 e. The topological polar surface area (TPSA) is 265 Å². The molecule has 0 bridgehead atoms. The summed E-state index contributed by atoms with van der Waals surface area (Å²) in [5.74, 6) is 3.52. The zero-order chi connectivity index (χ0) is 24.3. The number of nitrogens with zero attached hydrogens (tertiary/aromatic N) is 1. The molecule has 0 radical (unpaired) electrons. The molecule has 2 rings (SSSR count). The lowest BCUT2D eigenvalue weighted by molar-refractivity contribution is -0.127. The molecule has 2 fully saturated rings. The summed E-state index contributed by atoms with van der Waals surface area (Å²) >= 11 is 0. The predicted octanol–water partition coefficient (Wildman–Crippen LogP) is -2.06. The van der Waals surface area contributed by atoms with E-state index < -0.39 is 66.4 Å². The van der Waals surface area contributed by atoms with Crippen molar-refractivity contribution in [3.63, 3.8) is 0 Å². The van der Waals surface area contributed by atoms with Crippen LogP contribution in [0.25, 0.3) is 0 Å². The highest BCUT2D eigenvalue weighted by Crippen LogP contribution is 2.66. The van der Waals surface area contributed by atoms with E-state index in [2.05, 4.69) is 30.3 Å². The van der Waals surface area contributed by atoms with Gasteiger partial charge in [0.1, 0.15) is 18.2 Å². The normalized spacial score (nSPS) is 30.1. The number of carbonyl (C=O) groups is 2. The number of urea groups is 1. The van der Waals surface area contributed by atoms with Gasteiger partial charge in [-0.15, -0.1) is 0 Å². The Kier molecular flexibility index (Phi) is 8.76. The average Bonchev–Trinajstić information content (AvgIpc) is 2.97. The molecular formula is C12H20N3O14P3. The van der Waals surface area contributed by atoms with Crippen LogP contribution in [0.15, 0.2) is 0 Å². The Labute approximate surface area is 180 Å². The molecule has 17 nitrogen and oxygen atoms in total. The van der Waals surface area contributed by atoms with Crippen molar-refractivity contribution in [1.29, 1.82) is 0 Å². The maximum atomic E-state index is 12.1. The van der Waals surface area contributed by atoms with Crippen LogP contribution in [0.5, 0.6) is 0 Å². The number of hydrogen-bond acceptors (Lipinski definition) is 11. The highest BCUT2D eigenvalue weighted by molar-refractivity contribution is 7.66. The standard InChI is InChI=1S/C12H20N3O14P3/c13-3-1-2-7-5-15(12(18)14-11(7)17)10-4-8(16)9(27-10)6-26-31(22,23)29-32(24,25)28-30(19,20)21/h7-10,16H,3-6,13H2,(H,22,23)(H,24,25)(H,14,17,18)(H2,19,20,21)/t7?,8-,9+,10+/m0/s1. The fraction of sp³-hybridized carbons (Fsp3) is 0.667. The largest absolute Gasteiger partial charge is 0.490 e. The summed E-state index contributed by atoms with van der Waals surface area (Å²) in [6.45, 7) is -1.09. The van der Waals surface area contributed by atoms with E-state index in [1.165, 1.54) is 0 Å². The molecule has 32 heavy (non-hydrogen) atoms. The Morgan fingerprint density at radius 1 is 1.16 bits per heavy atom. The monoisotopic (exact) mass is 523 g/mol. The van der Waals surface area contributed by atoms with Crippen LogP contribution in [-0.2, 0) is 36.4 Å². The van der Waals surface area contributed by atoms with Gasteiger partial charge in [-0.25, -0.2) is 18.5 Å².